The summed E-state index contributed by atoms with van der Waals surface area (Å²) < 4.78 is 37.5. The molecule has 1 aliphatic rings. The number of sulfonamides is 1. The first-order valence-corrected chi connectivity index (χ1v) is 14.1. The molecule has 38 heavy (non-hydrogen) atoms. The van der Waals surface area contributed by atoms with Crippen molar-refractivity contribution in [2.75, 3.05) is 39.3 Å². The van der Waals surface area contributed by atoms with Gasteiger partial charge in [0, 0.05) is 51.5 Å². The summed E-state index contributed by atoms with van der Waals surface area (Å²) in [6, 6.07) is 1.47. The van der Waals surface area contributed by atoms with Crippen molar-refractivity contribution in [3.63, 3.8) is 0 Å². The molecule has 1 fully saturated rings. The molecular weight excluding hydrogens is 510 g/mol. The topological polar surface area (TPSA) is 144 Å². The minimum Gasteiger partial charge on any atom is -0.477 e. The maximum absolute atomic E-state index is 13.5. The van der Waals surface area contributed by atoms with Crippen LogP contribution in [0.25, 0.3) is 33.7 Å². The normalized spacial score (nSPS) is 15.4. The number of ether oxygens (including phenoxy) is 1. The molecule has 13 nitrogen and oxygen atoms in total. The zero-order chi connectivity index (χ0) is 27.0. The molecule has 0 aliphatic carbocycles. The third-order valence-corrected chi connectivity index (χ3v) is 8.57. The summed E-state index contributed by atoms with van der Waals surface area (Å²) in [6.45, 7) is 9.81. The van der Waals surface area contributed by atoms with E-state index in [1.165, 1.54) is 16.6 Å². The Hall–Kier alpha value is -3.62. The van der Waals surface area contributed by atoms with Crippen LogP contribution in [-0.4, -0.2) is 91.5 Å². The van der Waals surface area contributed by atoms with Crippen LogP contribution in [0.3, 0.4) is 0 Å². The molecule has 1 saturated heterocycles. The summed E-state index contributed by atoms with van der Waals surface area (Å²) in [5.41, 5.74) is 1.73. The number of nitrogens with zero attached hydrogens (tertiary/aromatic N) is 8. The number of piperazine rings is 1. The number of fused-ring (bicyclic) bond motifs is 1. The van der Waals surface area contributed by atoms with Gasteiger partial charge in [-0.3, -0.25) is 14.2 Å². The predicted octanol–water partition coefficient (Wildman–Crippen LogP) is 1.33. The quantitative estimate of drug-likeness (QED) is 0.349. The first-order valence-electron chi connectivity index (χ1n) is 12.6. The first-order chi connectivity index (χ1) is 18.3. The van der Waals surface area contributed by atoms with Gasteiger partial charge in [-0.05, 0) is 26.5 Å². The van der Waals surface area contributed by atoms with E-state index in [0.717, 1.165) is 12.1 Å². The number of aromatic nitrogens is 7. The second kappa shape index (κ2) is 10.3. The highest BCUT2D eigenvalue weighted by Gasteiger charge is 2.30. The Morgan fingerprint density at radius 1 is 1.05 bits per heavy atom. The molecule has 14 heteroatoms. The van der Waals surface area contributed by atoms with E-state index in [9.17, 15) is 13.2 Å². The molecular formula is C24H31N9O4S. The summed E-state index contributed by atoms with van der Waals surface area (Å²) in [6.07, 6.45) is 4.85. The molecule has 0 spiro atoms. The summed E-state index contributed by atoms with van der Waals surface area (Å²) >= 11 is 0. The van der Waals surface area contributed by atoms with Crippen molar-refractivity contribution < 1.29 is 13.2 Å². The maximum Gasteiger partial charge on any atom is 0.279 e. The van der Waals surface area contributed by atoms with E-state index in [-0.39, 0.29) is 27.7 Å². The van der Waals surface area contributed by atoms with Gasteiger partial charge in [0.25, 0.3) is 5.56 Å². The Kier molecular flexibility index (Phi) is 7.03. The Bertz CT molecular complexity index is 1630. The molecule has 1 aliphatic heterocycles. The van der Waals surface area contributed by atoms with Gasteiger partial charge in [-0.2, -0.15) is 14.5 Å². The van der Waals surface area contributed by atoms with Gasteiger partial charge in [-0.15, -0.1) is 0 Å². The standard InChI is InChI=1S/C24H31N9O4S/c1-5-31-8-10-33(11-9-31)38(35,36)17-12-18(24(25-14-17)37-7-3)22-27-19-20(23(34)28-22)29-30(4)21(19)16-13-26-32(6-2)15-16/h12-15H,5-11H2,1-4H3,(H,27,28,34). The van der Waals surface area contributed by atoms with E-state index in [1.54, 1.807) is 29.5 Å². The van der Waals surface area contributed by atoms with Crippen molar-refractivity contribution >= 4 is 21.1 Å². The van der Waals surface area contributed by atoms with Crippen molar-refractivity contribution in [3.8, 4) is 28.5 Å². The van der Waals surface area contributed by atoms with Gasteiger partial charge in [0.2, 0.25) is 15.9 Å². The Labute approximate surface area is 220 Å². The largest absolute Gasteiger partial charge is 0.477 e. The Balaban J connectivity index is 1.63. The van der Waals surface area contributed by atoms with E-state index in [2.05, 4.69) is 32.0 Å². The van der Waals surface area contributed by atoms with Crippen LogP contribution in [0, 0.1) is 0 Å². The summed E-state index contributed by atoms with van der Waals surface area (Å²) in [4.78, 5) is 27.1. The van der Waals surface area contributed by atoms with Gasteiger partial charge in [0.1, 0.15) is 16.2 Å². The number of nitrogens with one attached hydrogen (secondary N) is 1. The number of likely N-dealkylation sites (N-methyl/N-ethyl adjacent to an activating group) is 1. The second-order valence-electron chi connectivity index (χ2n) is 8.96. The monoisotopic (exact) mass is 541 g/mol. The number of pyridine rings is 1. The maximum atomic E-state index is 13.5. The van der Waals surface area contributed by atoms with Gasteiger partial charge < -0.3 is 14.6 Å². The van der Waals surface area contributed by atoms with Crippen LogP contribution in [0.5, 0.6) is 5.88 Å². The number of rotatable bonds is 8. The van der Waals surface area contributed by atoms with E-state index >= 15 is 0 Å². The lowest BCUT2D eigenvalue weighted by atomic mass is 10.2. The van der Waals surface area contributed by atoms with Gasteiger partial charge >= 0.3 is 0 Å². The highest BCUT2D eigenvalue weighted by molar-refractivity contribution is 7.89. The number of hydrogen-bond acceptors (Lipinski definition) is 9. The molecule has 5 heterocycles. The molecule has 0 unspecified atom stereocenters. The third-order valence-electron chi connectivity index (χ3n) is 6.70. The van der Waals surface area contributed by atoms with Crippen molar-refractivity contribution in [2.24, 2.45) is 7.05 Å². The lowest BCUT2D eigenvalue weighted by Crippen LogP contribution is -2.48. The van der Waals surface area contributed by atoms with Gasteiger partial charge in [-0.1, -0.05) is 6.92 Å². The van der Waals surface area contributed by atoms with Crippen LogP contribution < -0.4 is 10.3 Å². The lowest BCUT2D eigenvalue weighted by molar-refractivity contribution is 0.196. The van der Waals surface area contributed by atoms with Crippen LogP contribution in [-0.2, 0) is 23.6 Å². The van der Waals surface area contributed by atoms with E-state index < -0.39 is 15.6 Å². The molecule has 5 rings (SSSR count). The molecule has 0 bridgehead atoms. The first kappa shape index (κ1) is 26.0. The average Bonchev–Trinajstić information content (AvgIpc) is 3.52. The molecule has 0 atom stereocenters. The lowest BCUT2D eigenvalue weighted by Gasteiger charge is -2.33. The van der Waals surface area contributed by atoms with Crippen molar-refractivity contribution in [2.45, 2.75) is 32.2 Å². The summed E-state index contributed by atoms with van der Waals surface area (Å²) in [7, 11) is -2.08. The highest BCUT2D eigenvalue weighted by Crippen LogP contribution is 2.32. The minimum atomic E-state index is -3.81. The van der Waals surface area contributed by atoms with Crippen LogP contribution in [0.4, 0.5) is 0 Å². The highest BCUT2D eigenvalue weighted by atomic mass is 32.2. The summed E-state index contributed by atoms with van der Waals surface area (Å²) in [5, 5.41) is 8.70. The third kappa shape index (κ3) is 4.59. The number of aromatic amines is 1. The van der Waals surface area contributed by atoms with Crippen molar-refractivity contribution in [1.29, 1.82) is 0 Å². The fourth-order valence-corrected chi connectivity index (χ4v) is 6.01. The molecule has 0 saturated carbocycles. The SMILES string of the molecule is CCOc1ncc(S(=O)(=O)N2CCN(CC)CC2)cc1-c1nc2c(-c3cnn(CC)c3)n(C)nc2c(=O)[nH]1. The average molecular weight is 542 g/mol. The number of H-pyrrole nitrogens is 1. The molecule has 0 aromatic carbocycles. The number of hydrogen-bond donors (Lipinski definition) is 1. The van der Waals surface area contributed by atoms with Crippen LogP contribution >= 0.6 is 0 Å². The summed E-state index contributed by atoms with van der Waals surface area (Å²) in [5.74, 6) is 0.317. The second-order valence-corrected chi connectivity index (χ2v) is 10.9. The fourth-order valence-electron chi connectivity index (χ4n) is 4.62. The van der Waals surface area contributed by atoms with Crippen molar-refractivity contribution in [1.82, 2.24) is 43.7 Å². The molecule has 0 amide bonds. The van der Waals surface area contributed by atoms with Crippen LogP contribution in [0.15, 0.2) is 34.3 Å². The van der Waals surface area contributed by atoms with E-state index in [0.29, 0.717) is 50.5 Å². The van der Waals surface area contributed by atoms with Crippen LogP contribution in [0.1, 0.15) is 20.8 Å². The fraction of sp³-hybridized carbons (Fsp3) is 0.458. The van der Waals surface area contributed by atoms with Gasteiger partial charge in [0.05, 0.1) is 30.3 Å². The minimum absolute atomic E-state index is 0.0132. The molecule has 0 radical (unpaired) electrons. The number of aryl methyl sites for hydroxylation is 2. The van der Waals surface area contributed by atoms with Gasteiger partial charge in [-0.25, -0.2) is 18.4 Å². The predicted molar refractivity (Wildman–Crippen MR) is 141 cm³/mol. The molecule has 202 valence electrons. The molecule has 1 N–H and O–H groups in total. The molecule has 4 aromatic heterocycles. The Morgan fingerprint density at radius 2 is 1.82 bits per heavy atom. The smallest absolute Gasteiger partial charge is 0.279 e. The van der Waals surface area contributed by atoms with Crippen molar-refractivity contribution in [3.05, 3.63) is 35.0 Å². The van der Waals surface area contributed by atoms with E-state index in [4.69, 9.17) is 9.72 Å². The van der Waals surface area contributed by atoms with E-state index in [1.807, 2.05) is 13.1 Å². The van der Waals surface area contributed by atoms with Crippen LogP contribution in [0.2, 0.25) is 0 Å². The van der Waals surface area contributed by atoms with Gasteiger partial charge in [0.15, 0.2) is 5.52 Å². The zero-order valence-electron chi connectivity index (χ0n) is 21.9. The Morgan fingerprint density at radius 3 is 2.47 bits per heavy atom. The molecule has 4 aromatic rings. The zero-order valence-corrected chi connectivity index (χ0v) is 22.7.